The molecular weight excluding hydrogens is 176 g/mol. The highest BCUT2D eigenvalue weighted by Crippen LogP contribution is 2.26. The molecule has 1 aliphatic rings. The van der Waals surface area contributed by atoms with Crippen molar-refractivity contribution in [2.24, 2.45) is 0 Å². The molecular formula is C12H14O2. The fraction of sp³-hybridized carbons (Fsp3) is 0.333. The molecule has 2 atom stereocenters. The van der Waals surface area contributed by atoms with Crippen molar-refractivity contribution in [3.8, 4) is 0 Å². The first-order valence-corrected chi connectivity index (χ1v) is 4.80. The van der Waals surface area contributed by atoms with Gasteiger partial charge in [0.15, 0.2) is 6.29 Å². The molecule has 0 spiro atoms. The predicted molar refractivity (Wildman–Crippen MR) is 54.8 cm³/mol. The molecule has 1 heterocycles. The quantitative estimate of drug-likeness (QED) is 0.667. The molecule has 0 aromatic heterocycles. The summed E-state index contributed by atoms with van der Waals surface area (Å²) in [6.07, 6.45) is 4.90. The van der Waals surface area contributed by atoms with Gasteiger partial charge in [0.2, 0.25) is 0 Å². The summed E-state index contributed by atoms with van der Waals surface area (Å²) in [6, 6.07) is 10.2. The van der Waals surface area contributed by atoms with Crippen molar-refractivity contribution < 1.29 is 9.47 Å². The Hall–Kier alpha value is -1.12. The standard InChI is InChI=1S/C12H14O2/c1-13-12-9-5-8-11(14-12)10-6-3-2-4-7-10/h2-7,9,11-12H,8H2,1H3/t11-,12+/m0/s1. The summed E-state index contributed by atoms with van der Waals surface area (Å²) in [4.78, 5) is 0. The van der Waals surface area contributed by atoms with Crippen LogP contribution in [0, 0.1) is 0 Å². The third-order valence-electron chi connectivity index (χ3n) is 2.35. The highest BCUT2D eigenvalue weighted by Gasteiger charge is 2.18. The molecule has 0 bridgehead atoms. The summed E-state index contributed by atoms with van der Waals surface area (Å²) in [5.74, 6) is 0. The second-order valence-corrected chi connectivity index (χ2v) is 3.30. The topological polar surface area (TPSA) is 18.5 Å². The van der Waals surface area contributed by atoms with Crippen LogP contribution in [-0.4, -0.2) is 13.4 Å². The molecule has 1 aliphatic heterocycles. The smallest absolute Gasteiger partial charge is 0.177 e. The van der Waals surface area contributed by atoms with Crippen LogP contribution in [0.5, 0.6) is 0 Å². The number of hydrogen-bond acceptors (Lipinski definition) is 2. The second kappa shape index (κ2) is 4.40. The van der Waals surface area contributed by atoms with Crippen LogP contribution in [-0.2, 0) is 9.47 Å². The van der Waals surface area contributed by atoms with E-state index in [9.17, 15) is 0 Å². The van der Waals surface area contributed by atoms with Crippen molar-refractivity contribution >= 4 is 0 Å². The van der Waals surface area contributed by atoms with Gasteiger partial charge in [-0.1, -0.05) is 36.4 Å². The average Bonchev–Trinajstić information content (AvgIpc) is 2.30. The lowest BCUT2D eigenvalue weighted by Gasteiger charge is -2.25. The lowest BCUT2D eigenvalue weighted by Crippen LogP contribution is -2.19. The van der Waals surface area contributed by atoms with Crippen LogP contribution in [0.15, 0.2) is 42.5 Å². The van der Waals surface area contributed by atoms with Gasteiger partial charge in [0, 0.05) is 7.11 Å². The Bertz CT molecular complexity index is 305. The van der Waals surface area contributed by atoms with Gasteiger partial charge < -0.3 is 9.47 Å². The van der Waals surface area contributed by atoms with Crippen LogP contribution < -0.4 is 0 Å². The number of methoxy groups -OCH3 is 1. The first-order valence-electron chi connectivity index (χ1n) is 4.80. The van der Waals surface area contributed by atoms with E-state index >= 15 is 0 Å². The van der Waals surface area contributed by atoms with Crippen molar-refractivity contribution in [1.82, 2.24) is 0 Å². The lowest BCUT2D eigenvalue weighted by molar-refractivity contribution is -0.133. The van der Waals surface area contributed by atoms with E-state index in [0.29, 0.717) is 0 Å². The van der Waals surface area contributed by atoms with Gasteiger partial charge in [0.05, 0.1) is 6.10 Å². The molecule has 1 aromatic carbocycles. The van der Waals surface area contributed by atoms with Crippen molar-refractivity contribution in [2.75, 3.05) is 7.11 Å². The molecule has 0 amide bonds. The monoisotopic (exact) mass is 190 g/mol. The SMILES string of the molecule is CO[C@H]1C=CC[C@@H](c2ccccc2)O1. The number of benzene rings is 1. The van der Waals surface area contributed by atoms with Gasteiger partial charge in [0.25, 0.3) is 0 Å². The minimum atomic E-state index is -0.200. The number of rotatable bonds is 2. The first-order chi connectivity index (χ1) is 6.90. The maximum absolute atomic E-state index is 5.71. The summed E-state index contributed by atoms with van der Waals surface area (Å²) in [5.41, 5.74) is 1.21. The molecule has 74 valence electrons. The van der Waals surface area contributed by atoms with E-state index in [0.717, 1.165) is 6.42 Å². The van der Waals surface area contributed by atoms with Gasteiger partial charge in [-0.15, -0.1) is 0 Å². The van der Waals surface area contributed by atoms with Crippen molar-refractivity contribution in [2.45, 2.75) is 18.8 Å². The van der Waals surface area contributed by atoms with Gasteiger partial charge in [-0.2, -0.15) is 0 Å². The van der Waals surface area contributed by atoms with E-state index in [4.69, 9.17) is 9.47 Å². The Labute approximate surface area is 84.2 Å². The van der Waals surface area contributed by atoms with Crippen LogP contribution in [0.25, 0.3) is 0 Å². The molecule has 2 heteroatoms. The molecule has 2 rings (SSSR count). The van der Waals surface area contributed by atoms with E-state index in [1.54, 1.807) is 7.11 Å². The fourth-order valence-electron chi connectivity index (χ4n) is 1.59. The molecule has 1 aromatic rings. The molecule has 0 fully saturated rings. The maximum Gasteiger partial charge on any atom is 0.177 e. The first kappa shape index (κ1) is 9.44. The summed E-state index contributed by atoms with van der Waals surface area (Å²) >= 11 is 0. The zero-order valence-corrected chi connectivity index (χ0v) is 8.22. The molecule has 0 saturated carbocycles. The zero-order chi connectivity index (χ0) is 9.80. The Morgan fingerprint density at radius 3 is 2.79 bits per heavy atom. The van der Waals surface area contributed by atoms with E-state index in [-0.39, 0.29) is 12.4 Å². The molecule has 14 heavy (non-hydrogen) atoms. The van der Waals surface area contributed by atoms with Gasteiger partial charge in [-0.05, 0) is 18.1 Å². The molecule has 0 saturated heterocycles. The Morgan fingerprint density at radius 2 is 2.07 bits per heavy atom. The van der Waals surface area contributed by atoms with Crippen LogP contribution >= 0.6 is 0 Å². The largest absolute Gasteiger partial charge is 0.352 e. The number of hydrogen-bond donors (Lipinski definition) is 0. The molecule has 0 N–H and O–H groups in total. The fourth-order valence-corrected chi connectivity index (χ4v) is 1.59. The zero-order valence-electron chi connectivity index (χ0n) is 8.22. The van der Waals surface area contributed by atoms with Gasteiger partial charge in [0.1, 0.15) is 0 Å². The minimum absolute atomic E-state index is 0.131. The summed E-state index contributed by atoms with van der Waals surface area (Å²) < 4.78 is 10.8. The molecule has 0 aliphatic carbocycles. The van der Waals surface area contributed by atoms with E-state index in [1.807, 2.05) is 24.3 Å². The van der Waals surface area contributed by atoms with Crippen LogP contribution in [0.1, 0.15) is 18.1 Å². The van der Waals surface area contributed by atoms with Crippen LogP contribution in [0.4, 0.5) is 0 Å². The van der Waals surface area contributed by atoms with Crippen LogP contribution in [0.2, 0.25) is 0 Å². The van der Waals surface area contributed by atoms with Crippen molar-refractivity contribution in [1.29, 1.82) is 0 Å². The van der Waals surface area contributed by atoms with Gasteiger partial charge in [-0.25, -0.2) is 0 Å². The summed E-state index contributed by atoms with van der Waals surface area (Å²) in [6.45, 7) is 0. The normalized spacial score (nSPS) is 26.4. The van der Waals surface area contributed by atoms with E-state index < -0.39 is 0 Å². The molecule has 2 nitrogen and oxygen atoms in total. The van der Waals surface area contributed by atoms with Gasteiger partial charge >= 0.3 is 0 Å². The van der Waals surface area contributed by atoms with Crippen LogP contribution in [0.3, 0.4) is 0 Å². The third kappa shape index (κ3) is 2.03. The Kier molecular flexibility index (Phi) is 2.96. The highest BCUT2D eigenvalue weighted by molar-refractivity contribution is 5.19. The minimum Gasteiger partial charge on any atom is -0.352 e. The van der Waals surface area contributed by atoms with Crippen molar-refractivity contribution in [3.05, 3.63) is 48.0 Å². The van der Waals surface area contributed by atoms with E-state index in [1.165, 1.54) is 5.56 Å². The maximum atomic E-state index is 5.71. The lowest BCUT2D eigenvalue weighted by atomic mass is 10.1. The predicted octanol–water partition coefficient (Wildman–Crippen LogP) is 2.68. The highest BCUT2D eigenvalue weighted by atomic mass is 16.7. The third-order valence-corrected chi connectivity index (χ3v) is 2.35. The Morgan fingerprint density at radius 1 is 1.29 bits per heavy atom. The van der Waals surface area contributed by atoms with Gasteiger partial charge in [-0.3, -0.25) is 0 Å². The number of ether oxygens (including phenoxy) is 2. The van der Waals surface area contributed by atoms with E-state index in [2.05, 4.69) is 18.2 Å². The summed E-state index contributed by atoms with van der Waals surface area (Å²) in [7, 11) is 1.66. The van der Waals surface area contributed by atoms with Crippen molar-refractivity contribution in [3.63, 3.8) is 0 Å². The second-order valence-electron chi connectivity index (χ2n) is 3.30. The molecule has 0 unspecified atom stereocenters. The molecule has 0 radical (unpaired) electrons. The average molecular weight is 190 g/mol. The Balaban J connectivity index is 2.10. The summed E-state index contributed by atoms with van der Waals surface area (Å²) in [5, 5.41) is 0.